The van der Waals surface area contributed by atoms with Crippen molar-refractivity contribution >= 4 is 0 Å². The topological polar surface area (TPSA) is 47.9 Å². The molecule has 2 atom stereocenters. The number of fused-ring (bicyclic) bond motifs is 1. The minimum Gasteiger partial charge on any atom is -0.504 e. The fraction of sp³-hybridized carbons (Fsp3) is 0.250. The quantitative estimate of drug-likeness (QED) is 0.911. The summed E-state index contributed by atoms with van der Waals surface area (Å²) < 4.78 is 16.9. The van der Waals surface area contributed by atoms with Gasteiger partial charge >= 0.3 is 0 Å². The van der Waals surface area contributed by atoms with Crippen molar-refractivity contribution in [1.29, 1.82) is 0 Å². The molecule has 4 heteroatoms. The Kier molecular flexibility index (Phi) is 3.14. The highest BCUT2D eigenvalue weighted by Crippen LogP contribution is 2.40. The van der Waals surface area contributed by atoms with E-state index in [1.165, 1.54) is 7.11 Å². The highest BCUT2D eigenvalue weighted by molar-refractivity contribution is 5.45. The van der Waals surface area contributed by atoms with Gasteiger partial charge in [0.2, 0.25) is 0 Å². The maximum absolute atomic E-state index is 9.88. The third-order valence-corrected chi connectivity index (χ3v) is 3.37. The van der Waals surface area contributed by atoms with Crippen LogP contribution < -0.4 is 14.2 Å². The van der Waals surface area contributed by atoms with Gasteiger partial charge in [-0.3, -0.25) is 0 Å². The number of methoxy groups -OCH3 is 1. The highest BCUT2D eigenvalue weighted by Gasteiger charge is 2.29. The van der Waals surface area contributed by atoms with Gasteiger partial charge in [0.1, 0.15) is 6.10 Å². The van der Waals surface area contributed by atoms with Crippen molar-refractivity contribution in [2.75, 3.05) is 7.11 Å². The lowest BCUT2D eigenvalue weighted by molar-refractivity contribution is 0.0305. The Hall–Kier alpha value is -2.36. The van der Waals surface area contributed by atoms with Gasteiger partial charge in [0.25, 0.3) is 0 Å². The number of para-hydroxylation sites is 2. The summed E-state index contributed by atoms with van der Waals surface area (Å²) in [5.74, 6) is 2.00. The molecule has 20 heavy (non-hydrogen) atoms. The Morgan fingerprint density at radius 3 is 2.40 bits per heavy atom. The van der Waals surface area contributed by atoms with E-state index in [1.54, 1.807) is 12.1 Å². The van der Waals surface area contributed by atoms with E-state index in [2.05, 4.69) is 0 Å². The first-order valence-electron chi connectivity index (χ1n) is 6.48. The minimum absolute atomic E-state index is 0.0969. The molecule has 0 saturated heterocycles. The Balaban J connectivity index is 1.93. The molecule has 0 spiro atoms. The molecule has 0 radical (unpaired) electrons. The smallest absolute Gasteiger partial charge is 0.162 e. The van der Waals surface area contributed by atoms with Crippen molar-refractivity contribution in [2.45, 2.75) is 19.1 Å². The van der Waals surface area contributed by atoms with Gasteiger partial charge in [-0.2, -0.15) is 0 Å². The standard InChI is InChI=1S/C16H16O4/c1-10-16(11-7-8-13(18-2)12(17)9-11)20-15-6-4-3-5-14(15)19-10/h3-10,16-17H,1-2H3. The Morgan fingerprint density at radius 2 is 1.75 bits per heavy atom. The fourth-order valence-electron chi connectivity index (χ4n) is 2.36. The number of ether oxygens (including phenoxy) is 3. The van der Waals surface area contributed by atoms with Crippen molar-refractivity contribution in [3.05, 3.63) is 48.0 Å². The maximum Gasteiger partial charge on any atom is 0.162 e. The zero-order chi connectivity index (χ0) is 14.1. The second-order valence-corrected chi connectivity index (χ2v) is 4.74. The molecular weight excluding hydrogens is 256 g/mol. The molecular formula is C16H16O4. The van der Waals surface area contributed by atoms with Crippen LogP contribution in [0.15, 0.2) is 42.5 Å². The van der Waals surface area contributed by atoms with Crippen molar-refractivity contribution in [3.8, 4) is 23.0 Å². The monoisotopic (exact) mass is 272 g/mol. The van der Waals surface area contributed by atoms with Crippen molar-refractivity contribution in [2.24, 2.45) is 0 Å². The third kappa shape index (κ3) is 2.13. The lowest BCUT2D eigenvalue weighted by atomic mass is 10.0. The van der Waals surface area contributed by atoms with Gasteiger partial charge in [-0.15, -0.1) is 0 Å². The molecule has 2 unspecified atom stereocenters. The number of rotatable bonds is 2. The molecule has 0 amide bonds. The molecule has 2 aromatic rings. The largest absolute Gasteiger partial charge is 0.504 e. The second kappa shape index (κ2) is 4.96. The van der Waals surface area contributed by atoms with E-state index in [0.717, 1.165) is 11.3 Å². The number of phenols is 1. The number of phenolic OH excluding ortho intramolecular Hbond substituents is 1. The average molecular weight is 272 g/mol. The predicted molar refractivity (Wildman–Crippen MR) is 74.6 cm³/mol. The first kappa shape index (κ1) is 12.7. The van der Waals surface area contributed by atoms with Gasteiger partial charge in [0, 0.05) is 5.56 Å². The van der Waals surface area contributed by atoms with Crippen molar-refractivity contribution in [3.63, 3.8) is 0 Å². The molecule has 3 rings (SSSR count). The van der Waals surface area contributed by atoms with E-state index in [4.69, 9.17) is 14.2 Å². The molecule has 1 aliphatic heterocycles. The Labute approximate surface area is 117 Å². The zero-order valence-corrected chi connectivity index (χ0v) is 11.4. The number of hydrogen-bond acceptors (Lipinski definition) is 4. The first-order chi connectivity index (χ1) is 9.69. The molecule has 0 bridgehead atoms. The summed E-state index contributed by atoms with van der Waals surface area (Å²) in [6.45, 7) is 1.95. The van der Waals surface area contributed by atoms with Gasteiger partial charge in [0.15, 0.2) is 29.1 Å². The highest BCUT2D eigenvalue weighted by atomic mass is 16.6. The van der Waals surface area contributed by atoms with Gasteiger partial charge in [-0.05, 0) is 31.2 Å². The third-order valence-electron chi connectivity index (χ3n) is 3.37. The van der Waals surface area contributed by atoms with Crippen LogP contribution in [-0.4, -0.2) is 18.3 Å². The SMILES string of the molecule is COc1ccc(C2Oc3ccccc3OC2C)cc1O. The molecule has 0 aromatic heterocycles. The van der Waals surface area contributed by atoms with Crippen LogP contribution in [0.2, 0.25) is 0 Å². The van der Waals surface area contributed by atoms with Gasteiger partial charge in [0.05, 0.1) is 7.11 Å². The van der Waals surface area contributed by atoms with Crippen LogP contribution in [0.25, 0.3) is 0 Å². The van der Waals surface area contributed by atoms with Crippen LogP contribution in [0.3, 0.4) is 0 Å². The molecule has 1 N–H and O–H groups in total. The predicted octanol–water partition coefficient (Wildman–Crippen LogP) is 3.30. The summed E-state index contributed by atoms with van der Waals surface area (Å²) in [4.78, 5) is 0. The van der Waals surface area contributed by atoms with Gasteiger partial charge in [-0.1, -0.05) is 18.2 Å². The van der Waals surface area contributed by atoms with Crippen molar-refractivity contribution in [1.82, 2.24) is 0 Å². The normalized spacial score (nSPS) is 20.5. The summed E-state index contributed by atoms with van der Waals surface area (Å²) >= 11 is 0. The van der Waals surface area contributed by atoms with E-state index in [-0.39, 0.29) is 18.0 Å². The Bertz CT molecular complexity index is 624. The maximum atomic E-state index is 9.88. The zero-order valence-electron chi connectivity index (χ0n) is 11.4. The molecule has 0 aliphatic carbocycles. The lowest BCUT2D eigenvalue weighted by Crippen LogP contribution is -2.30. The van der Waals surface area contributed by atoms with Crippen LogP contribution in [0, 0.1) is 0 Å². The minimum atomic E-state index is -0.262. The number of benzene rings is 2. The Morgan fingerprint density at radius 1 is 1.05 bits per heavy atom. The summed E-state index contributed by atoms with van der Waals surface area (Å²) in [7, 11) is 1.52. The van der Waals surface area contributed by atoms with Crippen LogP contribution in [0.1, 0.15) is 18.6 Å². The molecule has 104 valence electrons. The first-order valence-corrected chi connectivity index (χ1v) is 6.48. The van der Waals surface area contributed by atoms with Crippen LogP contribution >= 0.6 is 0 Å². The van der Waals surface area contributed by atoms with Crippen LogP contribution in [-0.2, 0) is 0 Å². The fourth-order valence-corrected chi connectivity index (χ4v) is 2.36. The summed E-state index contributed by atoms with van der Waals surface area (Å²) in [6, 6.07) is 12.8. The number of aromatic hydroxyl groups is 1. The second-order valence-electron chi connectivity index (χ2n) is 4.74. The lowest BCUT2D eigenvalue weighted by Gasteiger charge is -2.32. The van der Waals surface area contributed by atoms with Crippen LogP contribution in [0.4, 0.5) is 0 Å². The molecule has 1 heterocycles. The van der Waals surface area contributed by atoms with E-state index < -0.39 is 0 Å². The van der Waals surface area contributed by atoms with Gasteiger partial charge < -0.3 is 19.3 Å². The molecule has 0 fully saturated rings. The van der Waals surface area contributed by atoms with Crippen molar-refractivity contribution < 1.29 is 19.3 Å². The van der Waals surface area contributed by atoms with Crippen LogP contribution in [0.5, 0.6) is 23.0 Å². The average Bonchev–Trinajstić information content (AvgIpc) is 2.46. The molecule has 1 aliphatic rings. The van der Waals surface area contributed by atoms with E-state index in [0.29, 0.717) is 11.5 Å². The van der Waals surface area contributed by atoms with E-state index >= 15 is 0 Å². The van der Waals surface area contributed by atoms with Gasteiger partial charge in [-0.25, -0.2) is 0 Å². The van der Waals surface area contributed by atoms with E-state index in [9.17, 15) is 5.11 Å². The summed E-state index contributed by atoms with van der Waals surface area (Å²) in [6.07, 6.45) is -0.403. The molecule has 2 aromatic carbocycles. The number of hydrogen-bond donors (Lipinski definition) is 1. The molecule has 4 nitrogen and oxygen atoms in total. The van der Waals surface area contributed by atoms with E-state index in [1.807, 2.05) is 37.3 Å². The molecule has 0 saturated carbocycles. The summed E-state index contributed by atoms with van der Waals surface area (Å²) in [5.41, 5.74) is 0.852. The summed E-state index contributed by atoms with van der Waals surface area (Å²) in [5, 5.41) is 9.88.